The largest absolute Gasteiger partial charge is 0.508 e. The highest BCUT2D eigenvalue weighted by molar-refractivity contribution is 5.89. The number of aliphatic carboxylic acids is 1. The van der Waals surface area contributed by atoms with E-state index in [-0.39, 0.29) is 33.5 Å². The Kier molecular flexibility index (Phi) is 5.19. The number of hydrogen-bond acceptors (Lipinski definition) is 2. The van der Waals surface area contributed by atoms with Crippen molar-refractivity contribution in [3.05, 3.63) is 59.0 Å². The summed E-state index contributed by atoms with van der Waals surface area (Å²) >= 11 is 0. The van der Waals surface area contributed by atoms with E-state index in [1.54, 1.807) is 0 Å². The van der Waals surface area contributed by atoms with E-state index in [4.69, 9.17) is 0 Å². The fourth-order valence-corrected chi connectivity index (χ4v) is 4.66. The summed E-state index contributed by atoms with van der Waals surface area (Å²) in [7, 11) is 0. The molecule has 1 heterocycles. The second-order valence-electron chi connectivity index (χ2n) is 8.12. The first-order chi connectivity index (χ1) is 14.6. The van der Waals surface area contributed by atoms with E-state index in [1.165, 1.54) is 37.3 Å². The van der Waals surface area contributed by atoms with Crippen LogP contribution in [0.3, 0.4) is 0 Å². The number of phenols is 1. The Labute approximate surface area is 175 Å². The third-order valence-electron chi connectivity index (χ3n) is 6.14. The highest BCUT2D eigenvalue weighted by Crippen LogP contribution is 2.48. The number of aryl methyl sites for hydroxylation is 1. The Morgan fingerprint density at radius 1 is 1.06 bits per heavy atom. The lowest BCUT2D eigenvalue weighted by molar-refractivity contribution is -0.144. The Hall–Kier alpha value is -3.03. The van der Waals surface area contributed by atoms with E-state index in [9.17, 15) is 32.6 Å². The van der Waals surface area contributed by atoms with Crippen LogP contribution in [-0.4, -0.2) is 20.7 Å². The van der Waals surface area contributed by atoms with E-state index in [0.717, 1.165) is 10.6 Å². The molecule has 0 aliphatic heterocycles. The topological polar surface area (TPSA) is 62.5 Å². The number of carboxylic acid groups (broad SMARTS) is 1. The first kappa shape index (κ1) is 21.2. The van der Waals surface area contributed by atoms with Gasteiger partial charge in [0, 0.05) is 11.1 Å². The lowest BCUT2D eigenvalue weighted by Crippen LogP contribution is -2.22. The second-order valence-corrected chi connectivity index (χ2v) is 8.12. The number of rotatable bonds is 3. The van der Waals surface area contributed by atoms with Gasteiger partial charge in [0.2, 0.25) is 0 Å². The van der Waals surface area contributed by atoms with Crippen LogP contribution in [0.4, 0.5) is 17.6 Å². The monoisotopic (exact) mass is 435 g/mol. The summed E-state index contributed by atoms with van der Waals surface area (Å²) < 4.78 is 58.1. The summed E-state index contributed by atoms with van der Waals surface area (Å²) in [6.07, 6.45) is -3.53. The van der Waals surface area contributed by atoms with Crippen molar-refractivity contribution in [1.82, 2.24) is 4.57 Å². The zero-order chi connectivity index (χ0) is 22.5. The molecule has 164 valence electrons. The molecule has 0 bridgehead atoms. The van der Waals surface area contributed by atoms with Gasteiger partial charge in [-0.25, -0.2) is 4.39 Å². The summed E-state index contributed by atoms with van der Waals surface area (Å²) in [6, 6.07) is 7.85. The van der Waals surface area contributed by atoms with Crippen molar-refractivity contribution >= 4 is 16.9 Å². The number of fused-ring (bicyclic) bond motifs is 1. The third kappa shape index (κ3) is 3.75. The molecule has 1 fully saturated rings. The van der Waals surface area contributed by atoms with Crippen LogP contribution in [0.5, 0.6) is 5.75 Å². The van der Waals surface area contributed by atoms with Crippen LogP contribution in [0.2, 0.25) is 0 Å². The van der Waals surface area contributed by atoms with Crippen LogP contribution in [0.1, 0.15) is 48.4 Å². The van der Waals surface area contributed by atoms with Gasteiger partial charge in [0.25, 0.3) is 0 Å². The van der Waals surface area contributed by atoms with Crippen molar-refractivity contribution in [3.63, 3.8) is 0 Å². The van der Waals surface area contributed by atoms with E-state index in [0.29, 0.717) is 25.7 Å². The number of aromatic hydroxyl groups is 1. The van der Waals surface area contributed by atoms with Gasteiger partial charge in [-0.2, -0.15) is 13.2 Å². The lowest BCUT2D eigenvalue weighted by atomic mass is 9.77. The number of carboxylic acids is 1. The summed E-state index contributed by atoms with van der Waals surface area (Å²) in [4.78, 5) is 11.3. The number of alkyl halides is 3. The van der Waals surface area contributed by atoms with Gasteiger partial charge in [0.1, 0.15) is 17.3 Å². The molecule has 0 amide bonds. The maximum absolute atomic E-state index is 14.4. The van der Waals surface area contributed by atoms with E-state index >= 15 is 0 Å². The Bertz CT molecular complexity index is 1160. The van der Waals surface area contributed by atoms with Gasteiger partial charge in [0.15, 0.2) is 0 Å². The van der Waals surface area contributed by atoms with Crippen molar-refractivity contribution in [2.75, 3.05) is 0 Å². The number of halogens is 4. The highest BCUT2D eigenvalue weighted by atomic mass is 19.4. The van der Waals surface area contributed by atoms with Gasteiger partial charge in [-0.15, -0.1) is 0 Å². The summed E-state index contributed by atoms with van der Waals surface area (Å²) in [5.41, 5.74) is -0.157. The SMILES string of the molecule is Cc1cc(-n2c(C(F)(F)F)c(C3CCC(C(=O)O)CC3)c3cc(O)ccc32)ccc1F. The van der Waals surface area contributed by atoms with Crippen LogP contribution in [0, 0.1) is 18.7 Å². The molecule has 1 saturated carbocycles. The highest BCUT2D eigenvalue weighted by Gasteiger charge is 2.42. The first-order valence-electron chi connectivity index (χ1n) is 10.0. The summed E-state index contributed by atoms with van der Waals surface area (Å²) in [6.45, 7) is 1.48. The van der Waals surface area contributed by atoms with Crippen molar-refractivity contribution in [2.24, 2.45) is 5.92 Å². The number of phenolic OH excluding ortho intramolecular Hbond substituents is 1. The fourth-order valence-electron chi connectivity index (χ4n) is 4.66. The van der Waals surface area contributed by atoms with E-state index in [2.05, 4.69) is 0 Å². The molecule has 0 radical (unpaired) electrons. The van der Waals surface area contributed by atoms with Crippen LogP contribution < -0.4 is 0 Å². The van der Waals surface area contributed by atoms with Crippen molar-refractivity contribution < 1.29 is 32.6 Å². The number of aromatic nitrogens is 1. The number of hydrogen-bond donors (Lipinski definition) is 2. The zero-order valence-electron chi connectivity index (χ0n) is 16.7. The standard InChI is InChI=1S/C23H21F4NO3/c1-12-10-15(6-8-18(12)24)28-19-9-7-16(29)11-17(19)20(21(28)23(25,26)27)13-2-4-14(5-3-13)22(30)31/h6-11,13-14,29H,2-5H2,1H3,(H,30,31). The molecule has 2 N–H and O–H groups in total. The predicted octanol–water partition coefficient (Wildman–Crippen LogP) is 6.16. The van der Waals surface area contributed by atoms with Crippen LogP contribution in [-0.2, 0) is 11.0 Å². The third-order valence-corrected chi connectivity index (χ3v) is 6.14. The quantitative estimate of drug-likeness (QED) is 0.484. The number of nitrogens with zero attached hydrogens (tertiary/aromatic N) is 1. The maximum Gasteiger partial charge on any atom is 0.432 e. The minimum absolute atomic E-state index is 0.0595. The molecule has 0 unspecified atom stereocenters. The minimum Gasteiger partial charge on any atom is -0.508 e. The van der Waals surface area contributed by atoms with Crippen molar-refractivity contribution in [2.45, 2.75) is 44.7 Å². The molecule has 0 saturated heterocycles. The van der Waals surface area contributed by atoms with Crippen LogP contribution >= 0.6 is 0 Å². The molecule has 4 rings (SSSR count). The molecule has 0 atom stereocenters. The van der Waals surface area contributed by atoms with Gasteiger partial charge in [-0.3, -0.25) is 4.79 Å². The normalized spacial score (nSPS) is 19.6. The van der Waals surface area contributed by atoms with E-state index in [1.807, 2.05) is 0 Å². The van der Waals surface area contributed by atoms with Gasteiger partial charge >= 0.3 is 12.1 Å². The van der Waals surface area contributed by atoms with Crippen LogP contribution in [0.15, 0.2) is 36.4 Å². The molecule has 2 aromatic carbocycles. The Morgan fingerprint density at radius 3 is 2.32 bits per heavy atom. The fraction of sp³-hybridized carbons (Fsp3) is 0.348. The molecule has 1 aliphatic rings. The van der Waals surface area contributed by atoms with Gasteiger partial charge < -0.3 is 14.8 Å². The predicted molar refractivity (Wildman–Crippen MR) is 107 cm³/mol. The summed E-state index contributed by atoms with van der Waals surface area (Å²) in [5.74, 6) is -2.67. The van der Waals surface area contributed by atoms with E-state index < -0.39 is 35.5 Å². The smallest absolute Gasteiger partial charge is 0.432 e. The maximum atomic E-state index is 14.4. The number of carbonyl (C=O) groups is 1. The molecule has 0 spiro atoms. The average molecular weight is 435 g/mol. The number of benzene rings is 2. The molecular formula is C23H21F4NO3. The first-order valence-corrected chi connectivity index (χ1v) is 10.0. The zero-order valence-corrected chi connectivity index (χ0v) is 16.7. The molecule has 3 aromatic rings. The van der Waals surface area contributed by atoms with Crippen molar-refractivity contribution in [3.8, 4) is 11.4 Å². The van der Waals surface area contributed by atoms with Crippen molar-refractivity contribution in [1.29, 1.82) is 0 Å². The second kappa shape index (κ2) is 7.59. The lowest BCUT2D eigenvalue weighted by Gasteiger charge is -2.27. The molecular weight excluding hydrogens is 414 g/mol. The molecule has 4 nitrogen and oxygen atoms in total. The molecule has 31 heavy (non-hydrogen) atoms. The van der Waals surface area contributed by atoms with Gasteiger partial charge in [0.05, 0.1) is 11.4 Å². The Morgan fingerprint density at radius 2 is 1.74 bits per heavy atom. The van der Waals surface area contributed by atoms with Gasteiger partial charge in [-0.1, -0.05) is 0 Å². The van der Waals surface area contributed by atoms with Gasteiger partial charge in [-0.05, 0) is 86.1 Å². The molecule has 1 aromatic heterocycles. The molecule has 8 heteroatoms. The molecule has 1 aliphatic carbocycles. The minimum atomic E-state index is -4.71. The summed E-state index contributed by atoms with van der Waals surface area (Å²) in [5, 5.41) is 19.5. The Balaban J connectivity index is 1.98. The van der Waals surface area contributed by atoms with Crippen LogP contribution in [0.25, 0.3) is 16.6 Å². The average Bonchev–Trinajstić information content (AvgIpc) is 3.05.